The zero-order chi connectivity index (χ0) is 10.8. The number of hydrogen-bond acceptors (Lipinski definition) is 4. The summed E-state index contributed by atoms with van der Waals surface area (Å²) in [5.41, 5.74) is -0.338. The number of nitrogens with zero attached hydrogens (tertiary/aromatic N) is 4. The molecule has 0 radical (unpaired) electrons. The highest BCUT2D eigenvalue weighted by atomic mass is 16.4. The normalized spacial score (nSPS) is 11.6. The summed E-state index contributed by atoms with van der Waals surface area (Å²) in [6, 6.07) is 0. The number of aryl methyl sites for hydroxylation is 1. The molecular formula is C8H14N4O2. The topological polar surface area (TPSA) is 80.9 Å². The first-order valence-electron chi connectivity index (χ1n) is 4.34. The summed E-state index contributed by atoms with van der Waals surface area (Å²) in [5.74, 6) is -0.224. The first-order chi connectivity index (χ1) is 6.39. The van der Waals surface area contributed by atoms with Crippen molar-refractivity contribution in [2.45, 2.75) is 26.7 Å². The standard InChI is InChI=1S/C8H14N4O2/c1-8(2,5-7(13)14)4-6-9-11-12(3)10-6/h4-5H2,1-3H3,(H,13,14). The van der Waals surface area contributed by atoms with E-state index in [1.165, 1.54) is 4.80 Å². The van der Waals surface area contributed by atoms with Crippen molar-refractivity contribution in [3.63, 3.8) is 0 Å². The lowest BCUT2D eigenvalue weighted by atomic mass is 9.85. The molecule has 0 atom stereocenters. The lowest BCUT2D eigenvalue weighted by Gasteiger charge is -2.19. The van der Waals surface area contributed by atoms with E-state index in [1.807, 2.05) is 13.8 Å². The van der Waals surface area contributed by atoms with Crippen LogP contribution in [-0.2, 0) is 18.3 Å². The second kappa shape index (κ2) is 3.73. The SMILES string of the molecule is Cn1nnc(CC(C)(C)CC(=O)O)n1. The third-order valence-corrected chi connectivity index (χ3v) is 1.82. The van der Waals surface area contributed by atoms with E-state index >= 15 is 0 Å². The van der Waals surface area contributed by atoms with Crippen LogP contribution in [0, 0.1) is 5.41 Å². The second-order valence-corrected chi connectivity index (χ2v) is 4.11. The maximum Gasteiger partial charge on any atom is 0.303 e. The van der Waals surface area contributed by atoms with Gasteiger partial charge in [-0.25, -0.2) is 0 Å². The van der Waals surface area contributed by atoms with Crippen molar-refractivity contribution >= 4 is 5.97 Å². The Hall–Kier alpha value is -1.46. The van der Waals surface area contributed by atoms with Crippen molar-refractivity contribution in [1.82, 2.24) is 20.2 Å². The van der Waals surface area contributed by atoms with E-state index in [2.05, 4.69) is 15.4 Å². The Labute approximate surface area is 81.9 Å². The second-order valence-electron chi connectivity index (χ2n) is 4.11. The smallest absolute Gasteiger partial charge is 0.303 e. The highest BCUT2D eigenvalue weighted by Crippen LogP contribution is 2.23. The molecule has 6 heteroatoms. The van der Waals surface area contributed by atoms with E-state index < -0.39 is 5.97 Å². The van der Waals surface area contributed by atoms with Gasteiger partial charge < -0.3 is 5.11 Å². The van der Waals surface area contributed by atoms with E-state index in [9.17, 15) is 4.79 Å². The third-order valence-electron chi connectivity index (χ3n) is 1.82. The van der Waals surface area contributed by atoms with Gasteiger partial charge in [0.15, 0.2) is 5.82 Å². The van der Waals surface area contributed by atoms with Crippen molar-refractivity contribution in [2.24, 2.45) is 12.5 Å². The molecule has 0 aliphatic carbocycles. The Kier molecular flexibility index (Phi) is 2.83. The molecule has 6 nitrogen and oxygen atoms in total. The summed E-state index contributed by atoms with van der Waals surface area (Å²) in [7, 11) is 1.68. The molecular weight excluding hydrogens is 184 g/mol. The lowest BCUT2D eigenvalue weighted by Crippen LogP contribution is -2.20. The minimum Gasteiger partial charge on any atom is -0.481 e. The molecule has 1 N–H and O–H groups in total. The molecule has 0 aliphatic heterocycles. The van der Waals surface area contributed by atoms with Gasteiger partial charge in [0.1, 0.15) is 0 Å². The van der Waals surface area contributed by atoms with E-state index in [4.69, 9.17) is 5.11 Å². The summed E-state index contributed by atoms with van der Waals surface area (Å²) in [6.45, 7) is 3.74. The van der Waals surface area contributed by atoms with Crippen LogP contribution in [0.1, 0.15) is 26.1 Å². The van der Waals surface area contributed by atoms with Crippen molar-refractivity contribution < 1.29 is 9.90 Å². The fraction of sp³-hybridized carbons (Fsp3) is 0.750. The predicted octanol–water partition coefficient (Wildman–Crippen LogP) is 0.254. The Morgan fingerprint density at radius 1 is 1.57 bits per heavy atom. The zero-order valence-electron chi connectivity index (χ0n) is 8.56. The van der Waals surface area contributed by atoms with Crippen molar-refractivity contribution in [1.29, 1.82) is 0 Å². The lowest BCUT2D eigenvalue weighted by molar-refractivity contribution is -0.139. The van der Waals surface area contributed by atoms with Gasteiger partial charge in [0.2, 0.25) is 0 Å². The number of carboxylic acids is 1. The number of hydrogen-bond donors (Lipinski definition) is 1. The fourth-order valence-electron chi connectivity index (χ4n) is 1.29. The Bertz CT molecular complexity index is 332. The number of tetrazole rings is 1. The minimum atomic E-state index is -0.807. The summed E-state index contributed by atoms with van der Waals surface area (Å²) < 4.78 is 0. The van der Waals surface area contributed by atoms with Crippen LogP contribution in [0.3, 0.4) is 0 Å². The molecule has 0 saturated carbocycles. The van der Waals surface area contributed by atoms with Crippen LogP contribution in [-0.4, -0.2) is 31.3 Å². The first-order valence-corrected chi connectivity index (χ1v) is 4.34. The largest absolute Gasteiger partial charge is 0.481 e. The average molecular weight is 198 g/mol. The molecule has 0 aromatic carbocycles. The van der Waals surface area contributed by atoms with Gasteiger partial charge in [-0.05, 0) is 10.6 Å². The van der Waals surface area contributed by atoms with Crippen LogP contribution < -0.4 is 0 Å². The maximum absolute atomic E-state index is 10.5. The molecule has 0 spiro atoms. The van der Waals surface area contributed by atoms with Crippen LogP contribution >= 0.6 is 0 Å². The van der Waals surface area contributed by atoms with Crippen molar-refractivity contribution in [2.75, 3.05) is 0 Å². The van der Waals surface area contributed by atoms with Crippen LogP contribution in [0.4, 0.5) is 0 Å². The van der Waals surface area contributed by atoms with Gasteiger partial charge in [0.05, 0.1) is 13.5 Å². The number of aromatic nitrogens is 4. The van der Waals surface area contributed by atoms with Gasteiger partial charge in [-0.2, -0.15) is 4.80 Å². The molecule has 0 bridgehead atoms. The van der Waals surface area contributed by atoms with E-state index in [1.54, 1.807) is 7.05 Å². The zero-order valence-corrected chi connectivity index (χ0v) is 8.56. The first kappa shape index (κ1) is 10.6. The summed E-state index contributed by atoms with van der Waals surface area (Å²) in [5, 5.41) is 20.2. The molecule has 0 aliphatic rings. The van der Waals surface area contributed by atoms with Crippen LogP contribution in [0.15, 0.2) is 0 Å². The van der Waals surface area contributed by atoms with E-state index in [-0.39, 0.29) is 11.8 Å². The molecule has 14 heavy (non-hydrogen) atoms. The molecule has 1 heterocycles. The van der Waals surface area contributed by atoms with Crippen LogP contribution in [0.25, 0.3) is 0 Å². The Balaban J connectivity index is 2.63. The van der Waals surface area contributed by atoms with E-state index in [0.717, 1.165) is 0 Å². The van der Waals surface area contributed by atoms with Gasteiger partial charge in [0, 0.05) is 6.42 Å². The number of carboxylic acid groups (broad SMARTS) is 1. The maximum atomic E-state index is 10.5. The fourth-order valence-corrected chi connectivity index (χ4v) is 1.29. The number of carbonyl (C=O) groups is 1. The van der Waals surface area contributed by atoms with Crippen molar-refractivity contribution in [3.8, 4) is 0 Å². The van der Waals surface area contributed by atoms with E-state index in [0.29, 0.717) is 12.2 Å². The molecule has 1 rings (SSSR count). The Morgan fingerprint density at radius 2 is 2.21 bits per heavy atom. The summed E-state index contributed by atoms with van der Waals surface area (Å²) in [6.07, 6.45) is 0.623. The van der Waals surface area contributed by atoms with Crippen LogP contribution in [0.5, 0.6) is 0 Å². The third kappa shape index (κ3) is 3.12. The average Bonchev–Trinajstić information content (AvgIpc) is 2.30. The molecule has 0 amide bonds. The molecule has 1 aromatic heterocycles. The molecule has 0 saturated heterocycles. The quantitative estimate of drug-likeness (QED) is 0.750. The monoisotopic (exact) mass is 198 g/mol. The summed E-state index contributed by atoms with van der Waals surface area (Å²) in [4.78, 5) is 11.9. The van der Waals surface area contributed by atoms with Crippen LogP contribution in [0.2, 0.25) is 0 Å². The molecule has 1 aromatic rings. The number of aliphatic carboxylic acids is 1. The number of rotatable bonds is 4. The van der Waals surface area contributed by atoms with Gasteiger partial charge in [-0.15, -0.1) is 10.2 Å². The van der Waals surface area contributed by atoms with Gasteiger partial charge in [-0.3, -0.25) is 4.79 Å². The summed E-state index contributed by atoms with van der Waals surface area (Å²) >= 11 is 0. The van der Waals surface area contributed by atoms with Crippen molar-refractivity contribution in [3.05, 3.63) is 5.82 Å². The molecule has 0 fully saturated rings. The van der Waals surface area contributed by atoms with Gasteiger partial charge in [0.25, 0.3) is 0 Å². The minimum absolute atomic E-state index is 0.102. The molecule has 0 unspecified atom stereocenters. The van der Waals surface area contributed by atoms with Gasteiger partial charge >= 0.3 is 5.97 Å². The molecule has 78 valence electrons. The van der Waals surface area contributed by atoms with Gasteiger partial charge in [-0.1, -0.05) is 13.8 Å². The highest BCUT2D eigenvalue weighted by molar-refractivity contribution is 5.67. The highest BCUT2D eigenvalue weighted by Gasteiger charge is 2.24. The predicted molar refractivity (Wildman–Crippen MR) is 48.5 cm³/mol. The Morgan fingerprint density at radius 3 is 2.64 bits per heavy atom.